The lowest BCUT2D eigenvalue weighted by atomic mass is 9.69. The molecule has 1 aliphatic rings. The monoisotopic (exact) mass is 330 g/mol. The molecule has 0 bridgehead atoms. The summed E-state index contributed by atoms with van der Waals surface area (Å²) in [6.07, 6.45) is 3.56. The molecule has 3 nitrogen and oxygen atoms in total. The number of carboxylic acid groups (broad SMARTS) is 1. The van der Waals surface area contributed by atoms with Gasteiger partial charge in [-0.2, -0.15) is 0 Å². The van der Waals surface area contributed by atoms with Crippen LogP contribution in [-0.2, 0) is 10.2 Å². The second-order valence-corrected chi connectivity index (χ2v) is 5.77. The number of ether oxygens (including phenoxy) is 1. The van der Waals surface area contributed by atoms with E-state index < -0.39 is 17.2 Å². The van der Waals surface area contributed by atoms with Gasteiger partial charge in [0.2, 0.25) is 0 Å². The van der Waals surface area contributed by atoms with Crippen molar-refractivity contribution >= 4 is 21.9 Å². The highest BCUT2D eigenvalue weighted by Crippen LogP contribution is 2.43. The first-order chi connectivity index (χ1) is 9.01. The number of benzene rings is 1. The van der Waals surface area contributed by atoms with Gasteiger partial charge in [0.15, 0.2) is 0 Å². The maximum atomic E-state index is 14.3. The van der Waals surface area contributed by atoms with E-state index in [-0.39, 0.29) is 10.0 Å². The molecule has 0 aromatic heterocycles. The van der Waals surface area contributed by atoms with Crippen molar-refractivity contribution in [3.63, 3.8) is 0 Å². The van der Waals surface area contributed by atoms with E-state index in [0.717, 1.165) is 19.3 Å². The zero-order valence-corrected chi connectivity index (χ0v) is 12.3. The predicted octanol–water partition coefficient (Wildman–Crippen LogP) is 3.88. The smallest absolute Gasteiger partial charge is 0.314 e. The molecule has 0 heterocycles. The van der Waals surface area contributed by atoms with Gasteiger partial charge in [0.25, 0.3) is 0 Å². The van der Waals surface area contributed by atoms with Gasteiger partial charge < -0.3 is 9.84 Å². The van der Waals surface area contributed by atoms with Crippen LogP contribution in [0.15, 0.2) is 16.6 Å². The fourth-order valence-corrected chi connectivity index (χ4v) is 3.22. The quantitative estimate of drug-likeness (QED) is 0.914. The molecular weight excluding hydrogens is 315 g/mol. The molecule has 1 aromatic rings. The third-order valence-corrected chi connectivity index (χ3v) is 4.45. The molecule has 0 radical (unpaired) electrons. The number of halogens is 2. The highest BCUT2D eigenvalue weighted by Gasteiger charge is 2.43. The minimum atomic E-state index is -1.13. The van der Waals surface area contributed by atoms with E-state index in [2.05, 4.69) is 15.9 Å². The zero-order valence-electron chi connectivity index (χ0n) is 10.7. The van der Waals surface area contributed by atoms with E-state index in [9.17, 15) is 14.3 Å². The van der Waals surface area contributed by atoms with Crippen molar-refractivity contribution in [2.24, 2.45) is 0 Å². The topological polar surface area (TPSA) is 46.5 Å². The molecule has 0 saturated heterocycles. The average Bonchev–Trinajstić information content (AvgIpc) is 2.42. The third-order valence-electron chi connectivity index (χ3n) is 3.87. The van der Waals surface area contributed by atoms with E-state index in [1.165, 1.54) is 19.2 Å². The Bertz CT molecular complexity index is 496. The van der Waals surface area contributed by atoms with E-state index in [4.69, 9.17) is 4.74 Å². The van der Waals surface area contributed by atoms with Crippen LogP contribution in [0, 0.1) is 5.82 Å². The number of carbonyl (C=O) groups is 1. The summed E-state index contributed by atoms with van der Waals surface area (Å²) < 4.78 is 19.7. The van der Waals surface area contributed by atoms with E-state index in [1.54, 1.807) is 0 Å². The lowest BCUT2D eigenvalue weighted by molar-refractivity contribution is -0.145. The summed E-state index contributed by atoms with van der Waals surface area (Å²) in [5.74, 6) is -0.981. The van der Waals surface area contributed by atoms with Crippen LogP contribution < -0.4 is 4.74 Å². The number of carboxylic acids is 1. The van der Waals surface area contributed by atoms with Crippen LogP contribution >= 0.6 is 15.9 Å². The summed E-state index contributed by atoms with van der Waals surface area (Å²) in [6, 6.07) is 3.02. The fourth-order valence-electron chi connectivity index (χ4n) is 2.78. The van der Waals surface area contributed by atoms with Gasteiger partial charge in [-0.15, -0.1) is 0 Å². The molecule has 1 saturated carbocycles. The van der Waals surface area contributed by atoms with Crippen LogP contribution in [0.3, 0.4) is 0 Å². The highest BCUT2D eigenvalue weighted by atomic mass is 79.9. The first kappa shape index (κ1) is 14.3. The van der Waals surface area contributed by atoms with Crippen LogP contribution in [0.2, 0.25) is 0 Å². The Balaban J connectivity index is 2.59. The van der Waals surface area contributed by atoms with Gasteiger partial charge in [-0.1, -0.05) is 19.3 Å². The van der Waals surface area contributed by atoms with Crippen LogP contribution in [0.25, 0.3) is 0 Å². The zero-order chi connectivity index (χ0) is 14.0. The molecule has 1 fully saturated rings. The lowest BCUT2D eigenvalue weighted by Crippen LogP contribution is -2.38. The standard InChI is InChI=1S/C14H16BrFO3/c1-19-9-7-10(12(16)11(15)8-9)14(13(17)18)5-3-2-4-6-14/h7-8H,2-6H2,1H3,(H,17,18). The molecule has 0 atom stereocenters. The summed E-state index contributed by atoms with van der Waals surface area (Å²) in [5.41, 5.74) is -0.898. The van der Waals surface area contributed by atoms with Crippen molar-refractivity contribution in [2.45, 2.75) is 37.5 Å². The van der Waals surface area contributed by atoms with Gasteiger partial charge >= 0.3 is 5.97 Å². The summed E-state index contributed by atoms with van der Waals surface area (Å²) in [6.45, 7) is 0. The Kier molecular flexibility index (Phi) is 4.13. The molecule has 1 aromatic carbocycles. The first-order valence-electron chi connectivity index (χ1n) is 6.28. The van der Waals surface area contributed by atoms with Crippen LogP contribution in [-0.4, -0.2) is 18.2 Å². The Morgan fingerprint density at radius 3 is 2.53 bits per heavy atom. The number of methoxy groups -OCH3 is 1. The number of aliphatic carboxylic acids is 1. The van der Waals surface area contributed by atoms with Crippen molar-refractivity contribution in [3.8, 4) is 5.75 Å². The van der Waals surface area contributed by atoms with E-state index in [0.29, 0.717) is 18.6 Å². The Labute approximate surface area is 119 Å². The molecule has 1 aliphatic carbocycles. The van der Waals surface area contributed by atoms with Gasteiger partial charge in [0.05, 0.1) is 17.0 Å². The van der Waals surface area contributed by atoms with Gasteiger partial charge in [-0.3, -0.25) is 4.79 Å². The van der Waals surface area contributed by atoms with Gasteiger partial charge in [0.1, 0.15) is 11.6 Å². The van der Waals surface area contributed by atoms with Gasteiger partial charge in [0, 0.05) is 5.56 Å². The van der Waals surface area contributed by atoms with Crippen molar-refractivity contribution in [3.05, 3.63) is 28.0 Å². The molecule has 2 rings (SSSR count). The molecule has 19 heavy (non-hydrogen) atoms. The first-order valence-corrected chi connectivity index (χ1v) is 7.07. The molecule has 5 heteroatoms. The number of hydrogen-bond donors (Lipinski definition) is 1. The molecule has 1 N–H and O–H groups in total. The molecule has 0 spiro atoms. The van der Waals surface area contributed by atoms with Crippen LogP contribution in [0.4, 0.5) is 4.39 Å². The third kappa shape index (κ3) is 2.48. The second-order valence-electron chi connectivity index (χ2n) is 4.92. The maximum Gasteiger partial charge on any atom is 0.314 e. The number of rotatable bonds is 3. The van der Waals surface area contributed by atoms with Crippen molar-refractivity contribution in [1.29, 1.82) is 0 Å². The highest BCUT2D eigenvalue weighted by molar-refractivity contribution is 9.10. The number of hydrogen-bond acceptors (Lipinski definition) is 2. The summed E-state index contributed by atoms with van der Waals surface area (Å²) >= 11 is 3.13. The summed E-state index contributed by atoms with van der Waals surface area (Å²) in [5, 5.41) is 9.60. The molecule has 104 valence electrons. The SMILES string of the molecule is COc1cc(Br)c(F)c(C2(C(=O)O)CCCCC2)c1. The normalized spacial score (nSPS) is 18.1. The van der Waals surface area contributed by atoms with Crippen molar-refractivity contribution in [2.75, 3.05) is 7.11 Å². The Morgan fingerprint density at radius 1 is 1.37 bits per heavy atom. The average molecular weight is 331 g/mol. The van der Waals surface area contributed by atoms with Crippen LogP contribution in [0.1, 0.15) is 37.7 Å². The van der Waals surface area contributed by atoms with Crippen molar-refractivity contribution in [1.82, 2.24) is 0 Å². The second kappa shape index (κ2) is 5.49. The lowest BCUT2D eigenvalue weighted by Gasteiger charge is -2.34. The summed E-state index contributed by atoms with van der Waals surface area (Å²) in [4.78, 5) is 11.7. The predicted molar refractivity (Wildman–Crippen MR) is 73.1 cm³/mol. The molecule has 0 aliphatic heterocycles. The van der Waals surface area contributed by atoms with Crippen LogP contribution in [0.5, 0.6) is 5.75 Å². The minimum Gasteiger partial charge on any atom is -0.497 e. The van der Waals surface area contributed by atoms with E-state index in [1.807, 2.05) is 0 Å². The van der Waals surface area contributed by atoms with E-state index >= 15 is 0 Å². The van der Waals surface area contributed by atoms with Gasteiger partial charge in [-0.05, 0) is 40.9 Å². The minimum absolute atomic E-state index is 0.228. The molecular formula is C14H16BrFO3. The fraction of sp³-hybridized carbons (Fsp3) is 0.500. The van der Waals surface area contributed by atoms with Crippen molar-refractivity contribution < 1.29 is 19.0 Å². The molecule has 0 unspecified atom stereocenters. The maximum absolute atomic E-state index is 14.3. The Morgan fingerprint density at radius 2 is 2.00 bits per heavy atom. The van der Waals surface area contributed by atoms with Gasteiger partial charge in [-0.25, -0.2) is 4.39 Å². The summed E-state index contributed by atoms with van der Waals surface area (Å²) in [7, 11) is 1.48. The Hall–Kier alpha value is -1.10. The molecule has 0 amide bonds. The largest absolute Gasteiger partial charge is 0.497 e.